The van der Waals surface area contributed by atoms with Crippen LogP contribution in [-0.4, -0.2) is 31.8 Å². The first-order valence-electron chi connectivity index (χ1n) is 8.51. The van der Waals surface area contributed by atoms with Crippen LogP contribution in [0.1, 0.15) is 29.7 Å². The predicted molar refractivity (Wildman–Crippen MR) is 98.3 cm³/mol. The Morgan fingerprint density at radius 3 is 2.31 bits per heavy atom. The molecule has 0 bridgehead atoms. The van der Waals surface area contributed by atoms with Crippen molar-refractivity contribution >= 4 is 5.69 Å². The van der Waals surface area contributed by atoms with E-state index in [0.717, 1.165) is 29.8 Å². The summed E-state index contributed by atoms with van der Waals surface area (Å²) in [5.74, 6) is 0. The van der Waals surface area contributed by atoms with Gasteiger partial charge in [-0.1, -0.05) is 24.3 Å². The van der Waals surface area contributed by atoms with Gasteiger partial charge in [0.1, 0.15) is 0 Å². The molecule has 2 aromatic rings. The number of hydrogen-bond acceptors (Lipinski definition) is 3. The van der Waals surface area contributed by atoms with Gasteiger partial charge in [0.2, 0.25) is 0 Å². The van der Waals surface area contributed by atoms with Crippen molar-refractivity contribution in [1.82, 2.24) is 5.32 Å². The second-order valence-corrected chi connectivity index (χ2v) is 6.71. The van der Waals surface area contributed by atoms with Crippen LogP contribution in [0, 0.1) is 0 Å². The monoisotopic (exact) mass is 366 g/mol. The van der Waals surface area contributed by atoms with Crippen molar-refractivity contribution in [3.05, 3.63) is 65.2 Å². The molecule has 6 heteroatoms. The average molecular weight is 366 g/mol. The molecular formula is C20H25F3N2O. The van der Waals surface area contributed by atoms with Crippen LogP contribution in [0.4, 0.5) is 18.9 Å². The normalized spacial score (nSPS) is 14.1. The molecular weight excluding hydrogens is 341 g/mol. The van der Waals surface area contributed by atoms with Gasteiger partial charge < -0.3 is 15.3 Å². The lowest BCUT2D eigenvalue weighted by atomic mass is 10.0. The molecule has 0 fully saturated rings. The largest absolute Gasteiger partial charge is 0.416 e. The van der Waals surface area contributed by atoms with Crippen molar-refractivity contribution in [2.45, 2.75) is 31.7 Å². The fraction of sp³-hybridized carbons (Fsp3) is 0.400. The van der Waals surface area contributed by atoms with E-state index in [9.17, 15) is 18.3 Å². The molecule has 3 nitrogen and oxygen atoms in total. The molecule has 2 rings (SSSR count). The Bertz CT molecular complexity index is 699. The van der Waals surface area contributed by atoms with Gasteiger partial charge in [-0.2, -0.15) is 13.2 Å². The maximum absolute atomic E-state index is 12.8. The highest BCUT2D eigenvalue weighted by atomic mass is 19.4. The minimum Gasteiger partial charge on any atom is -0.387 e. The van der Waals surface area contributed by atoms with Gasteiger partial charge >= 0.3 is 6.18 Å². The quantitative estimate of drug-likeness (QED) is 0.777. The Balaban J connectivity index is 1.89. The SMILES string of the molecule is CC(Cc1ccc(N(C)C)cc1)NCC(O)c1cccc(C(F)(F)F)c1. The summed E-state index contributed by atoms with van der Waals surface area (Å²) in [5, 5.41) is 13.4. The molecule has 0 aliphatic heterocycles. The number of aliphatic hydroxyl groups is 1. The van der Waals surface area contributed by atoms with Gasteiger partial charge in [0, 0.05) is 32.4 Å². The molecule has 142 valence electrons. The van der Waals surface area contributed by atoms with E-state index >= 15 is 0 Å². The van der Waals surface area contributed by atoms with E-state index in [1.54, 1.807) is 0 Å². The highest BCUT2D eigenvalue weighted by molar-refractivity contribution is 5.46. The summed E-state index contributed by atoms with van der Waals surface area (Å²) in [6.45, 7) is 2.18. The fourth-order valence-electron chi connectivity index (χ4n) is 2.71. The lowest BCUT2D eigenvalue weighted by Crippen LogP contribution is -2.32. The topological polar surface area (TPSA) is 35.5 Å². The lowest BCUT2D eigenvalue weighted by molar-refractivity contribution is -0.137. The van der Waals surface area contributed by atoms with Crippen molar-refractivity contribution in [3.63, 3.8) is 0 Å². The number of halogens is 3. The van der Waals surface area contributed by atoms with E-state index < -0.39 is 17.8 Å². The molecule has 26 heavy (non-hydrogen) atoms. The van der Waals surface area contributed by atoms with E-state index in [2.05, 4.69) is 17.4 Å². The molecule has 0 spiro atoms. The highest BCUT2D eigenvalue weighted by Crippen LogP contribution is 2.30. The van der Waals surface area contributed by atoms with E-state index in [-0.39, 0.29) is 18.2 Å². The van der Waals surface area contributed by atoms with Crippen molar-refractivity contribution < 1.29 is 18.3 Å². The molecule has 0 saturated heterocycles. The first kappa shape index (κ1) is 20.3. The Kier molecular flexibility index (Phi) is 6.67. The first-order chi connectivity index (χ1) is 12.2. The van der Waals surface area contributed by atoms with Crippen LogP contribution in [0.5, 0.6) is 0 Å². The zero-order valence-corrected chi connectivity index (χ0v) is 15.2. The van der Waals surface area contributed by atoms with Gasteiger partial charge in [-0.3, -0.25) is 0 Å². The minimum atomic E-state index is -4.41. The van der Waals surface area contributed by atoms with E-state index in [1.165, 1.54) is 12.1 Å². The summed E-state index contributed by atoms with van der Waals surface area (Å²) in [6, 6.07) is 13.1. The Labute approximate surface area is 152 Å². The highest BCUT2D eigenvalue weighted by Gasteiger charge is 2.30. The second-order valence-electron chi connectivity index (χ2n) is 6.71. The average Bonchev–Trinajstić information content (AvgIpc) is 2.59. The van der Waals surface area contributed by atoms with Crippen LogP contribution in [-0.2, 0) is 12.6 Å². The number of nitrogens with one attached hydrogen (secondary N) is 1. The summed E-state index contributed by atoms with van der Waals surface area (Å²) in [7, 11) is 3.96. The molecule has 0 radical (unpaired) electrons. The predicted octanol–water partition coefficient (Wildman–Crippen LogP) is 4.03. The number of alkyl halides is 3. The van der Waals surface area contributed by atoms with E-state index in [4.69, 9.17) is 0 Å². The van der Waals surface area contributed by atoms with Gasteiger partial charge in [0.15, 0.2) is 0 Å². The Morgan fingerprint density at radius 2 is 1.73 bits per heavy atom. The number of nitrogens with zero attached hydrogens (tertiary/aromatic N) is 1. The number of anilines is 1. The maximum atomic E-state index is 12.8. The molecule has 0 aromatic heterocycles. The number of aliphatic hydroxyl groups excluding tert-OH is 1. The molecule has 2 aromatic carbocycles. The van der Waals surface area contributed by atoms with Crippen LogP contribution >= 0.6 is 0 Å². The fourth-order valence-corrected chi connectivity index (χ4v) is 2.71. The van der Waals surface area contributed by atoms with Crippen molar-refractivity contribution in [2.24, 2.45) is 0 Å². The number of benzene rings is 2. The minimum absolute atomic E-state index is 0.0839. The van der Waals surface area contributed by atoms with Gasteiger partial charge in [0.05, 0.1) is 11.7 Å². The third-order valence-electron chi connectivity index (χ3n) is 4.25. The van der Waals surface area contributed by atoms with Crippen molar-refractivity contribution in [1.29, 1.82) is 0 Å². The number of hydrogen-bond donors (Lipinski definition) is 2. The van der Waals surface area contributed by atoms with Crippen LogP contribution in [0.2, 0.25) is 0 Å². The van der Waals surface area contributed by atoms with Crippen LogP contribution in [0.3, 0.4) is 0 Å². The summed E-state index contributed by atoms with van der Waals surface area (Å²) < 4.78 is 38.3. The second kappa shape index (κ2) is 8.56. The summed E-state index contributed by atoms with van der Waals surface area (Å²) in [4.78, 5) is 2.02. The van der Waals surface area contributed by atoms with Crippen molar-refractivity contribution in [2.75, 3.05) is 25.5 Å². The molecule has 0 aliphatic rings. The first-order valence-corrected chi connectivity index (χ1v) is 8.51. The van der Waals surface area contributed by atoms with E-state index in [1.807, 2.05) is 38.1 Å². The Hall–Kier alpha value is -2.05. The Morgan fingerprint density at radius 1 is 1.08 bits per heavy atom. The molecule has 2 unspecified atom stereocenters. The van der Waals surface area contributed by atoms with Crippen LogP contribution in [0.25, 0.3) is 0 Å². The zero-order chi connectivity index (χ0) is 19.3. The lowest BCUT2D eigenvalue weighted by Gasteiger charge is -2.19. The van der Waals surface area contributed by atoms with Gasteiger partial charge in [-0.05, 0) is 48.7 Å². The third kappa shape index (κ3) is 5.75. The third-order valence-corrected chi connectivity index (χ3v) is 4.25. The molecule has 0 amide bonds. The molecule has 0 saturated carbocycles. The summed E-state index contributed by atoms with van der Waals surface area (Å²) in [5.41, 5.74) is 1.79. The van der Waals surface area contributed by atoms with Gasteiger partial charge in [-0.25, -0.2) is 0 Å². The van der Waals surface area contributed by atoms with Crippen LogP contribution < -0.4 is 10.2 Å². The zero-order valence-electron chi connectivity index (χ0n) is 15.2. The molecule has 2 atom stereocenters. The van der Waals surface area contributed by atoms with Gasteiger partial charge in [0.25, 0.3) is 0 Å². The maximum Gasteiger partial charge on any atom is 0.416 e. The molecule has 2 N–H and O–H groups in total. The summed E-state index contributed by atoms with van der Waals surface area (Å²) in [6.07, 6.45) is -4.63. The smallest absolute Gasteiger partial charge is 0.387 e. The summed E-state index contributed by atoms with van der Waals surface area (Å²) >= 11 is 0. The van der Waals surface area contributed by atoms with Gasteiger partial charge in [-0.15, -0.1) is 0 Å². The number of rotatable bonds is 7. The molecule has 0 aliphatic carbocycles. The standard InChI is InChI=1S/C20H25F3N2O/c1-14(11-15-7-9-18(10-8-15)25(2)3)24-13-19(26)16-5-4-6-17(12-16)20(21,22)23/h4-10,12,14,19,24,26H,11,13H2,1-3H3. The van der Waals surface area contributed by atoms with Crippen LogP contribution in [0.15, 0.2) is 48.5 Å². The van der Waals surface area contributed by atoms with Crippen molar-refractivity contribution in [3.8, 4) is 0 Å². The molecule has 0 heterocycles. The van der Waals surface area contributed by atoms with E-state index in [0.29, 0.717) is 0 Å².